The predicted molar refractivity (Wildman–Crippen MR) is 69.9 cm³/mol. The summed E-state index contributed by atoms with van der Waals surface area (Å²) in [6.45, 7) is 1.89. The minimum Gasteiger partial charge on any atom is -0.504 e. The van der Waals surface area contributed by atoms with Gasteiger partial charge < -0.3 is 20.1 Å². The second-order valence-corrected chi connectivity index (χ2v) is 4.50. The van der Waals surface area contributed by atoms with Crippen molar-refractivity contribution in [1.82, 2.24) is 0 Å². The summed E-state index contributed by atoms with van der Waals surface area (Å²) in [6, 6.07) is 5.15. The number of methoxy groups -OCH3 is 1. The number of hydrogen-bond acceptors (Lipinski definition) is 4. The predicted octanol–water partition coefficient (Wildman–Crippen LogP) is 1.86. The highest BCUT2D eigenvalue weighted by Gasteiger charge is 2.11. The highest BCUT2D eigenvalue weighted by Crippen LogP contribution is 2.27. The van der Waals surface area contributed by atoms with Gasteiger partial charge in [0, 0.05) is 0 Å². The molecule has 1 rings (SSSR count). The lowest BCUT2D eigenvalue weighted by atomic mass is 10.0. The van der Waals surface area contributed by atoms with E-state index < -0.39 is 12.2 Å². The maximum Gasteiger partial charge on any atom is 0.160 e. The lowest BCUT2D eigenvalue weighted by Gasteiger charge is -2.14. The van der Waals surface area contributed by atoms with E-state index in [2.05, 4.69) is 0 Å². The number of rotatable bonds is 7. The molecule has 0 heterocycles. The minimum absolute atomic E-state index is 0.114. The first kappa shape index (κ1) is 14.8. The number of aryl methyl sites for hydroxylation is 1. The van der Waals surface area contributed by atoms with Crippen LogP contribution in [0.4, 0.5) is 0 Å². The molecule has 0 saturated heterocycles. The Morgan fingerprint density at radius 1 is 1.22 bits per heavy atom. The lowest BCUT2D eigenvalue weighted by molar-refractivity contribution is 0.0739. The monoisotopic (exact) mass is 254 g/mol. The van der Waals surface area contributed by atoms with Gasteiger partial charge in [-0.05, 0) is 43.4 Å². The summed E-state index contributed by atoms with van der Waals surface area (Å²) in [4.78, 5) is 0. The Balaban J connectivity index is 2.48. The van der Waals surface area contributed by atoms with Crippen molar-refractivity contribution in [2.24, 2.45) is 0 Å². The third-order valence-corrected chi connectivity index (χ3v) is 3.03. The maximum atomic E-state index is 9.75. The molecule has 0 unspecified atom stereocenters. The number of aliphatic hydroxyl groups is 2. The first-order valence-electron chi connectivity index (χ1n) is 6.28. The topological polar surface area (TPSA) is 69.9 Å². The van der Waals surface area contributed by atoms with E-state index in [0.29, 0.717) is 31.4 Å². The average molecular weight is 254 g/mol. The van der Waals surface area contributed by atoms with Crippen molar-refractivity contribution in [2.75, 3.05) is 7.11 Å². The molecule has 4 nitrogen and oxygen atoms in total. The number of phenols is 1. The number of phenolic OH excluding ortho intramolecular Hbond substituents is 1. The molecular formula is C14H22O4. The SMILES string of the molecule is CC[C@H](O)C[C@H](O)CCc1ccc(O)c(OC)c1. The van der Waals surface area contributed by atoms with Crippen LogP contribution in [0.5, 0.6) is 11.5 Å². The molecule has 0 radical (unpaired) electrons. The van der Waals surface area contributed by atoms with Gasteiger partial charge in [0.25, 0.3) is 0 Å². The largest absolute Gasteiger partial charge is 0.504 e. The summed E-state index contributed by atoms with van der Waals surface area (Å²) >= 11 is 0. The molecule has 0 bridgehead atoms. The molecule has 0 saturated carbocycles. The zero-order chi connectivity index (χ0) is 13.5. The molecule has 2 atom stereocenters. The first-order chi connectivity index (χ1) is 8.56. The Morgan fingerprint density at radius 2 is 1.94 bits per heavy atom. The fourth-order valence-corrected chi connectivity index (χ4v) is 1.81. The number of aromatic hydroxyl groups is 1. The summed E-state index contributed by atoms with van der Waals surface area (Å²) in [7, 11) is 1.51. The van der Waals surface area contributed by atoms with Gasteiger partial charge in [-0.3, -0.25) is 0 Å². The van der Waals surface area contributed by atoms with Crippen LogP contribution in [0.3, 0.4) is 0 Å². The van der Waals surface area contributed by atoms with Crippen LogP contribution in [-0.2, 0) is 6.42 Å². The van der Waals surface area contributed by atoms with Gasteiger partial charge in [-0.2, -0.15) is 0 Å². The van der Waals surface area contributed by atoms with Crippen LogP contribution in [0.25, 0.3) is 0 Å². The van der Waals surface area contributed by atoms with Crippen molar-refractivity contribution in [3.8, 4) is 11.5 Å². The van der Waals surface area contributed by atoms with Crippen molar-refractivity contribution in [3.05, 3.63) is 23.8 Å². The molecule has 0 amide bonds. The summed E-state index contributed by atoms with van der Waals surface area (Å²) < 4.78 is 5.02. The second-order valence-electron chi connectivity index (χ2n) is 4.50. The molecule has 102 valence electrons. The summed E-state index contributed by atoms with van der Waals surface area (Å²) in [6.07, 6.45) is 1.41. The van der Waals surface area contributed by atoms with Gasteiger partial charge in [0.05, 0.1) is 19.3 Å². The molecule has 0 aliphatic heterocycles. The Kier molecular flexibility index (Phi) is 5.95. The highest BCUT2D eigenvalue weighted by atomic mass is 16.5. The number of aliphatic hydroxyl groups excluding tert-OH is 2. The van der Waals surface area contributed by atoms with Crippen molar-refractivity contribution in [2.45, 2.75) is 44.8 Å². The van der Waals surface area contributed by atoms with Gasteiger partial charge in [-0.1, -0.05) is 13.0 Å². The third kappa shape index (κ3) is 4.55. The van der Waals surface area contributed by atoms with E-state index in [9.17, 15) is 15.3 Å². The number of ether oxygens (including phenoxy) is 1. The van der Waals surface area contributed by atoms with Gasteiger partial charge in [0.1, 0.15) is 0 Å². The summed E-state index contributed by atoms with van der Waals surface area (Å²) in [5.74, 6) is 0.554. The van der Waals surface area contributed by atoms with Gasteiger partial charge in [-0.25, -0.2) is 0 Å². The van der Waals surface area contributed by atoms with E-state index >= 15 is 0 Å². The Morgan fingerprint density at radius 3 is 2.56 bits per heavy atom. The normalized spacial score (nSPS) is 14.2. The van der Waals surface area contributed by atoms with Crippen LogP contribution in [0, 0.1) is 0 Å². The maximum absolute atomic E-state index is 9.75. The van der Waals surface area contributed by atoms with Gasteiger partial charge in [-0.15, -0.1) is 0 Å². The Hall–Kier alpha value is -1.26. The fraction of sp³-hybridized carbons (Fsp3) is 0.571. The molecule has 0 aromatic heterocycles. The average Bonchev–Trinajstić information content (AvgIpc) is 2.37. The van der Waals surface area contributed by atoms with Crippen LogP contribution in [0.1, 0.15) is 31.7 Å². The quantitative estimate of drug-likeness (QED) is 0.694. The smallest absolute Gasteiger partial charge is 0.160 e. The number of hydrogen-bond donors (Lipinski definition) is 3. The molecule has 0 spiro atoms. The van der Waals surface area contributed by atoms with Crippen LogP contribution in [-0.4, -0.2) is 34.6 Å². The fourth-order valence-electron chi connectivity index (χ4n) is 1.81. The van der Waals surface area contributed by atoms with Gasteiger partial charge >= 0.3 is 0 Å². The molecule has 0 fully saturated rings. The molecule has 1 aromatic rings. The standard InChI is InChI=1S/C14H22O4/c1-3-11(15)9-12(16)6-4-10-5-7-13(17)14(8-10)18-2/h5,7-8,11-12,15-17H,3-4,6,9H2,1-2H3/t11-,12+/m0/s1. The molecule has 0 aliphatic rings. The zero-order valence-electron chi connectivity index (χ0n) is 11.0. The number of benzene rings is 1. The van der Waals surface area contributed by atoms with Gasteiger partial charge in [0.2, 0.25) is 0 Å². The second kappa shape index (κ2) is 7.24. The molecule has 3 N–H and O–H groups in total. The Labute approximate surface area is 108 Å². The van der Waals surface area contributed by atoms with Crippen LogP contribution in [0.15, 0.2) is 18.2 Å². The van der Waals surface area contributed by atoms with E-state index in [-0.39, 0.29) is 5.75 Å². The van der Waals surface area contributed by atoms with Crippen molar-refractivity contribution in [1.29, 1.82) is 0 Å². The lowest BCUT2D eigenvalue weighted by Crippen LogP contribution is -2.17. The first-order valence-corrected chi connectivity index (χ1v) is 6.28. The van der Waals surface area contributed by atoms with Crippen molar-refractivity contribution in [3.63, 3.8) is 0 Å². The van der Waals surface area contributed by atoms with E-state index in [1.165, 1.54) is 7.11 Å². The van der Waals surface area contributed by atoms with E-state index in [0.717, 1.165) is 5.56 Å². The van der Waals surface area contributed by atoms with E-state index in [1.807, 2.05) is 6.92 Å². The van der Waals surface area contributed by atoms with Crippen LogP contribution >= 0.6 is 0 Å². The molecule has 18 heavy (non-hydrogen) atoms. The van der Waals surface area contributed by atoms with Gasteiger partial charge in [0.15, 0.2) is 11.5 Å². The van der Waals surface area contributed by atoms with Crippen molar-refractivity contribution >= 4 is 0 Å². The van der Waals surface area contributed by atoms with E-state index in [1.54, 1.807) is 18.2 Å². The summed E-state index contributed by atoms with van der Waals surface area (Å²) in [5, 5.41) is 28.6. The van der Waals surface area contributed by atoms with E-state index in [4.69, 9.17) is 4.74 Å². The summed E-state index contributed by atoms with van der Waals surface area (Å²) in [5.41, 5.74) is 0.995. The Bertz CT molecular complexity index is 365. The third-order valence-electron chi connectivity index (χ3n) is 3.03. The molecule has 1 aromatic carbocycles. The minimum atomic E-state index is -0.500. The highest BCUT2D eigenvalue weighted by molar-refractivity contribution is 5.41. The molecule has 4 heteroatoms. The van der Waals surface area contributed by atoms with Crippen molar-refractivity contribution < 1.29 is 20.1 Å². The zero-order valence-corrected chi connectivity index (χ0v) is 11.0. The molecular weight excluding hydrogens is 232 g/mol. The van der Waals surface area contributed by atoms with Crippen LogP contribution in [0.2, 0.25) is 0 Å². The molecule has 0 aliphatic carbocycles. The van der Waals surface area contributed by atoms with Crippen LogP contribution < -0.4 is 4.74 Å².